The number of carbonyl (C=O) groups excluding carboxylic acids is 1. The molecule has 2 N–H and O–H groups in total. The number of aromatic amines is 1. The van der Waals surface area contributed by atoms with E-state index in [0.29, 0.717) is 31.9 Å². The van der Waals surface area contributed by atoms with Gasteiger partial charge in [-0.2, -0.15) is 5.26 Å². The number of H-pyrrole nitrogens is 1. The van der Waals surface area contributed by atoms with Gasteiger partial charge in [-0.1, -0.05) is 17.7 Å². The minimum Gasteiger partial charge on any atom is -0.449 e. The van der Waals surface area contributed by atoms with Crippen molar-refractivity contribution in [2.75, 3.05) is 5.32 Å². The highest BCUT2D eigenvalue weighted by atomic mass is 79.9. The molecule has 0 aliphatic heterocycles. The van der Waals surface area contributed by atoms with Crippen molar-refractivity contribution in [2.24, 2.45) is 0 Å². The number of anilines is 1. The normalized spacial score (nSPS) is 11.2. The molecule has 3 aromatic rings. The quantitative estimate of drug-likeness (QED) is 0.323. The molecule has 0 fully saturated rings. The third-order valence-corrected chi connectivity index (χ3v) is 5.40. The summed E-state index contributed by atoms with van der Waals surface area (Å²) in [4.78, 5) is 30.8. The second-order valence-electron chi connectivity index (χ2n) is 6.07. The Morgan fingerprint density at radius 2 is 2.03 bits per heavy atom. The first-order valence-corrected chi connectivity index (χ1v) is 10.00. The molecule has 146 valence electrons. The number of nitrogens with one attached hydrogen (secondary N) is 2. The minimum absolute atomic E-state index is 0.106. The molecule has 0 spiro atoms. The van der Waals surface area contributed by atoms with Crippen molar-refractivity contribution >= 4 is 45.4 Å². The van der Waals surface area contributed by atoms with Crippen LogP contribution in [0.1, 0.15) is 17.0 Å². The van der Waals surface area contributed by atoms with Crippen LogP contribution in [0.4, 0.5) is 5.69 Å². The molecule has 0 aliphatic carbocycles. The van der Waals surface area contributed by atoms with E-state index in [2.05, 4.69) is 31.2 Å². The van der Waals surface area contributed by atoms with Crippen LogP contribution in [0.15, 0.2) is 65.9 Å². The van der Waals surface area contributed by atoms with Gasteiger partial charge in [-0.3, -0.25) is 9.59 Å². The van der Waals surface area contributed by atoms with E-state index >= 15 is 0 Å². The number of rotatable bonds is 5. The zero-order valence-electron chi connectivity index (χ0n) is 15.4. The van der Waals surface area contributed by atoms with Gasteiger partial charge >= 0.3 is 0 Å². The summed E-state index contributed by atoms with van der Waals surface area (Å²) in [5, 5.41) is 12.8. The number of benzene rings is 1. The van der Waals surface area contributed by atoms with E-state index in [1.54, 1.807) is 25.1 Å². The molecule has 0 aliphatic rings. The van der Waals surface area contributed by atoms with Crippen molar-refractivity contribution in [3.8, 4) is 6.07 Å². The highest BCUT2D eigenvalue weighted by molar-refractivity contribution is 9.10. The van der Waals surface area contributed by atoms with Crippen LogP contribution in [0.5, 0.6) is 0 Å². The van der Waals surface area contributed by atoms with Crippen molar-refractivity contribution in [3.63, 3.8) is 0 Å². The lowest BCUT2D eigenvalue weighted by Crippen LogP contribution is -2.13. The van der Waals surface area contributed by atoms with Crippen molar-refractivity contribution in [1.29, 1.82) is 5.26 Å². The maximum absolute atomic E-state index is 12.4. The predicted octanol–water partition coefficient (Wildman–Crippen LogP) is 4.44. The van der Waals surface area contributed by atoms with Crippen LogP contribution in [0.25, 0.3) is 6.08 Å². The van der Waals surface area contributed by atoms with Crippen molar-refractivity contribution in [1.82, 2.24) is 9.97 Å². The number of nitrogens with zero attached hydrogens (tertiary/aromatic N) is 2. The molecule has 2 heterocycles. The van der Waals surface area contributed by atoms with Crippen LogP contribution in [0.3, 0.4) is 0 Å². The largest absolute Gasteiger partial charge is 0.449 e. The standard InChI is InChI=1S/C20H15BrN4O3S/c1-11-3-5-14(6-4-11)24-18(27)13(10-22)8-15-9-16(21)19(28-15)29-20-23-12(2)7-17(26)25-20/h3-9H,1-2H3,(H,24,27)(H,23,25,26)/b13-8+. The molecule has 0 unspecified atom stereocenters. The molecule has 0 saturated carbocycles. The Labute approximate surface area is 179 Å². The number of aromatic nitrogens is 2. The van der Waals surface area contributed by atoms with E-state index in [-0.39, 0.29) is 11.1 Å². The van der Waals surface area contributed by atoms with Crippen molar-refractivity contribution < 1.29 is 9.21 Å². The fourth-order valence-electron chi connectivity index (χ4n) is 2.32. The maximum Gasteiger partial charge on any atom is 0.266 e. The Balaban J connectivity index is 1.80. The van der Waals surface area contributed by atoms with Crippen molar-refractivity contribution in [2.45, 2.75) is 24.1 Å². The summed E-state index contributed by atoms with van der Waals surface area (Å²) in [5.41, 5.74) is 1.87. The van der Waals surface area contributed by atoms with Gasteiger partial charge in [-0.15, -0.1) is 0 Å². The first-order chi connectivity index (χ1) is 13.8. The van der Waals surface area contributed by atoms with Gasteiger partial charge in [0, 0.05) is 23.5 Å². The molecule has 29 heavy (non-hydrogen) atoms. The highest BCUT2D eigenvalue weighted by Crippen LogP contribution is 2.34. The van der Waals surface area contributed by atoms with Crippen LogP contribution in [-0.2, 0) is 4.79 Å². The van der Waals surface area contributed by atoms with Crippen LogP contribution in [0, 0.1) is 25.2 Å². The summed E-state index contributed by atoms with van der Waals surface area (Å²) in [6.45, 7) is 3.66. The van der Waals surface area contributed by atoms with Gasteiger partial charge < -0.3 is 14.7 Å². The van der Waals surface area contributed by atoms with Crippen molar-refractivity contribution in [3.05, 3.63) is 73.8 Å². The predicted molar refractivity (Wildman–Crippen MR) is 114 cm³/mol. The lowest BCUT2D eigenvalue weighted by atomic mass is 10.2. The van der Waals surface area contributed by atoms with Crippen LogP contribution in [0.2, 0.25) is 0 Å². The molecule has 2 aromatic heterocycles. The second-order valence-corrected chi connectivity index (χ2v) is 7.88. The zero-order valence-corrected chi connectivity index (χ0v) is 17.8. The van der Waals surface area contributed by atoms with Gasteiger partial charge in [-0.05, 0) is 59.7 Å². The summed E-state index contributed by atoms with van der Waals surface area (Å²) < 4.78 is 6.30. The second kappa shape index (κ2) is 8.94. The zero-order chi connectivity index (χ0) is 21.0. The van der Waals surface area contributed by atoms with Gasteiger partial charge in [0.05, 0.1) is 4.47 Å². The Morgan fingerprint density at radius 1 is 1.31 bits per heavy atom. The number of amides is 1. The van der Waals surface area contributed by atoms with E-state index in [1.807, 2.05) is 25.1 Å². The van der Waals surface area contributed by atoms with E-state index in [1.165, 1.54) is 12.1 Å². The third kappa shape index (κ3) is 5.47. The van der Waals surface area contributed by atoms with E-state index in [0.717, 1.165) is 17.3 Å². The van der Waals surface area contributed by atoms with Gasteiger partial charge in [0.25, 0.3) is 11.5 Å². The Hall–Kier alpha value is -3.09. The Kier molecular flexibility index (Phi) is 6.36. The van der Waals surface area contributed by atoms with Gasteiger partial charge in [0.2, 0.25) is 0 Å². The summed E-state index contributed by atoms with van der Waals surface area (Å²) in [6, 6.07) is 12.2. The minimum atomic E-state index is -0.539. The molecule has 0 atom stereocenters. The number of halogens is 1. The summed E-state index contributed by atoms with van der Waals surface area (Å²) >= 11 is 4.49. The fraction of sp³-hybridized carbons (Fsp3) is 0.100. The van der Waals surface area contributed by atoms with E-state index in [9.17, 15) is 14.9 Å². The average molecular weight is 471 g/mol. The monoisotopic (exact) mass is 470 g/mol. The SMILES string of the molecule is Cc1ccc(NC(=O)/C(C#N)=C/c2cc(Br)c(Sc3nc(C)cc(=O)[nH]3)o2)cc1. The molecule has 0 saturated heterocycles. The molecule has 9 heteroatoms. The van der Waals surface area contributed by atoms with Gasteiger partial charge in [-0.25, -0.2) is 4.98 Å². The van der Waals surface area contributed by atoms with Gasteiger partial charge in [0.1, 0.15) is 17.4 Å². The number of furan rings is 1. The third-order valence-electron chi connectivity index (χ3n) is 3.67. The fourth-order valence-corrected chi connectivity index (χ4v) is 3.68. The number of carbonyl (C=O) groups is 1. The van der Waals surface area contributed by atoms with Crippen LogP contribution in [-0.4, -0.2) is 15.9 Å². The summed E-state index contributed by atoms with van der Waals surface area (Å²) in [7, 11) is 0. The van der Waals surface area contributed by atoms with E-state index in [4.69, 9.17) is 4.42 Å². The topological polar surface area (TPSA) is 112 Å². The Bertz CT molecular complexity index is 1190. The number of hydrogen-bond donors (Lipinski definition) is 2. The molecule has 0 bridgehead atoms. The van der Waals surface area contributed by atoms with Crippen LogP contribution < -0.4 is 10.9 Å². The molecular formula is C20H15BrN4O3S. The van der Waals surface area contributed by atoms with Gasteiger partial charge in [0.15, 0.2) is 10.2 Å². The molecule has 1 amide bonds. The number of hydrogen-bond acceptors (Lipinski definition) is 6. The first kappa shape index (κ1) is 20.6. The molecule has 3 rings (SSSR count). The first-order valence-electron chi connectivity index (χ1n) is 8.39. The summed E-state index contributed by atoms with van der Waals surface area (Å²) in [5.74, 6) is -0.229. The number of nitriles is 1. The average Bonchev–Trinajstić information content (AvgIpc) is 2.99. The molecule has 1 aromatic carbocycles. The highest BCUT2D eigenvalue weighted by Gasteiger charge is 2.15. The lowest BCUT2D eigenvalue weighted by molar-refractivity contribution is -0.112. The molecular weight excluding hydrogens is 456 g/mol. The maximum atomic E-state index is 12.4. The molecule has 0 radical (unpaired) electrons. The number of aryl methyl sites for hydroxylation is 2. The smallest absolute Gasteiger partial charge is 0.266 e. The molecule has 7 nitrogen and oxygen atoms in total. The lowest BCUT2D eigenvalue weighted by Gasteiger charge is -2.04. The summed E-state index contributed by atoms with van der Waals surface area (Å²) in [6.07, 6.45) is 1.35. The van der Waals surface area contributed by atoms with E-state index < -0.39 is 5.91 Å². The Morgan fingerprint density at radius 3 is 2.69 bits per heavy atom. The van der Waals surface area contributed by atoms with Crippen LogP contribution >= 0.6 is 27.7 Å².